The van der Waals surface area contributed by atoms with Crippen LogP contribution in [0.3, 0.4) is 0 Å². The Morgan fingerprint density at radius 3 is 2.63 bits per heavy atom. The molecular formula is C23H26N4OS2. The fraction of sp³-hybridized carbons (Fsp3) is 0.435. The molecule has 2 N–H and O–H groups in total. The molecule has 5 atom stereocenters. The first-order valence-electron chi connectivity index (χ1n) is 10.6. The maximum atomic E-state index is 12.3. The highest BCUT2D eigenvalue weighted by Gasteiger charge is 2.43. The Labute approximate surface area is 185 Å². The van der Waals surface area contributed by atoms with Crippen LogP contribution >= 0.6 is 23.1 Å². The van der Waals surface area contributed by atoms with E-state index in [9.17, 15) is 4.79 Å². The summed E-state index contributed by atoms with van der Waals surface area (Å²) in [4.78, 5) is 13.4. The summed E-state index contributed by atoms with van der Waals surface area (Å²) in [7, 11) is 0. The van der Waals surface area contributed by atoms with Crippen LogP contribution in [0, 0.1) is 17.8 Å². The van der Waals surface area contributed by atoms with Crippen molar-refractivity contribution in [1.82, 2.24) is 14.8 Å². The molecule has 0 aliphatic heterocycles. The lowest BCUT2D eigenvalue weighted by molar-refractivity contribution is -0.117. The van der Waals surface area contributed by atoms with Gasteiger partial charge in [0.1, 0.15) is 5.25 Å². The van der Waals surface area contributed by atoms with E-state index in [0.29, 0.717) is 12.0 Å². The van der Waals surface area contributed by atoms with E-state index in [1.54, 1.807) is 11.3 Å². The summed E-state index contributed by atoms with van der Waals surface area (Å²) in [6, 6.07) is 14.1. The predicted molar refractivity (Wildman–Crippen MR) is 121 cm³/mol. The van der Waals surface area contributed by atoms with Gasteiger partial charge in [-0.25, -0.2) is 0 Å². The SMILES string of the molecule is CC(C1CC2CCC1C2)n1c(SC(C(N)=O)c2ccccc2)nnc1-c1cccs1. The molecule has 2 aliphatic carbocycles. The smallest absolute Gasteiger partial charge is 0.235 e. The predicted octanol–water partition coefficient (Wildman–Crippen LogP) is 5.32. The number of thiophene rings is 1. The maximum absolute atomic E-state index is 12.3. The van der Waals surface area contributed by atoms with E-state index in [4.69, 9.17) is 5.73 Å². The number of benzene rings is 1. The number of thioether (sulfide) groups is 1. The Balaban J connectivity index is 1.53. The fourth-order valence-electron chi connectivity index (χ4n) is 5.40. The van der Waals surface area contributed by atoms with Crippen molar-refractivity contribution in [2.24, 2.45) is 23.5 Å². The molecule has 1 amide bonds. The number of hydrogen-bond acceptors (Lipinski definition) is 5. The highest BCUT2D eigenvalue weighted by atomic mass is 32.2. The summed E-state index contributed by atoms with van der Waals surface area (Å²) >= 11 is 3.10. The summed E-state index contributed by atoms with van der Waals surface area (Å²) < 4.78 is 2.28. The zero-order valence-corrected chi connectivity index (χ0v) is 18.6. The lowest BCUT2D eigenvalue weighted by Gasteiger charge is -2.30. The molecule has 5 unspecified atom stereocenters. The Bertz CT molecular complexity index is 1020. The number of primary amides is 1. The van der Waals surface area contributed by atoms with Gasteiger partial charge in [-0.15, -0.1) is 21.5 Å². The van der Waals surface area contributed by atoms with Crippen LogP contribution in [0.15, 0.2) is 53.0 Å². The van der Waals surface area contributed by atoms with E-state index < -0.39 is 5.25 Å². The van der Waals surface area contributed by atoms with Crippen LogP contribution in [-0.2, 0) is 4.79 Å². The summed E-state index contributed by atoms with van der Waals surface area (Å²) in [6.07, 6.45) is 5.37. The van der Waals surface area contributed by atoms with Crippen molar-refractivity contribution in [1.29, 1.82) is 0 Å². The van der Waals surface area contributed by atoms with Crippen molar-refractivity contribution < 1.29 is 4.79 Å². The molecule has 2 heterocycles. The lowest BCUT2D eigenvalue weighted by Crippen LogP contribution is -2.24. The minimum absolute atomic E-state index is 0.291. The van der Waals surface area contributed by atoms with Gasteiger partial charge in [0.2, 0.25) is 5.91 Å². The van der Waals surface area contributed by atoms with Gasteiger partial charge >= 0.3 is 0 Å². The highest BCUT2D eigenvalue weighted by Crippen LogP contribution is 2.53. The molecule has 156 valence electrons. The van der Waals surface area contributed by atoms with Gasteiger partial charge in [-0.3, -0.25) is 9.36 Å². The van der Waals surface area contributed by atoms with Gasteiger partial charge in [0.25, 0.3) is 0 Å². The number of nitrogens with zero attached hydrogens (tertiary/aromatic N) is 3. The fourth-order valence-corrected chi connectivity index (χ4v) is 7.18. The molecule has 2 aromatic heterocycles. The minimum atomic E-state index is -0.488. The summed E-state index contributed by atoms with van der Waals surface area (Å²) in [5.41, 5.74) is 6.70. The van der Waals surface area contributed by atoms with Crippen molar-refractivity contribution in [3.8, 4) is 10.7 Å². The van der Waals surface area contributed by atoms with E-state index in [1.165, 1.54) is 37.4 Å². The molecule has 2 saturated carbocycles. The molecule has 0 spiro atoms. The van der Waals surface area contributed by atoms with Crippen LogP contribution in [0.2, 0.25) is 0 Å². The first-order chi connectivity index (χ1) is 14.6. The molecule has 5 rings (SSSR count). The summed E-state index contributed by atoms with van der Waals surface area (Å²) in [6.45, 7) is 2.30. The van der Waals surface area contributed by atoms with Crippen molar-refractivity contribution in [2.45, 2.75) is 49.1 Å². The monoisotopic (exact) mass is 438 g/mol. The molecule has 2 aliphatic rings. The second-order valence-electron chi connectivity index (χ2n) is 8.54. The number of aromatic nitrogens is 3. The number of hydrogen-bond donors (Lipinski definition) is 1. The number of amides is 1. The standard InChI is InChI=1S/C23H26N4OS2/c1-14(18-13-15-9-10-17(18)12-15)27-22(19-8-5-11-29-19)25-26-23(27)30-20(21(24)28)16-6-3-2-4-7-16/h2-8,11,14-15,17-18,20H,9-10,12-13H2,1H3,(H2,24,28). The third kappa shape index (κ3) is 3.58. The van der Waals surface area contributed by atoms with Crippen molar-refractivity contribution >= 4 is 29.0 Å². The van der Waals surface area contributed by atoms with E-state index in [0.717, 1.165) is 33.3 Å². The molecule has 1 aromatic carbocycles. The lowest BCUT2D eigenvalue weighted by atomic mass is 9.84. The first-order valence-corrected chi connectivity index (χ1v) is 12.4. The Hall–Kier alpha value is -2.12. The highest BCUT2D eigenvalue weighted by molar-refractivity contribution is 8.00. The van der Waals surface area contributed by atoms with Gasteiger partial charge in [-0.05, 0) is 60.9 Å². The number of fused-ring (bicyclic) bond motifs is 2. The third-order valence-electron chi connectivity index (χ3n) is 6.81. The topological polar surface area (TPSA) is 73.8 Å². The summed E-state index contributed by atoms with van der Waals surface area (Å²) in [5.74, 6) is 2.86. The molecule has 5 nitrogen and oxygen atoms in total. The molecular weight excluding hydrogens is 412 g/mol. The largest absolute Gasteiger partial charge is 0.368 e. The molecule has 2 fully saturated rings. The van der Waals surface area contributed by atoms with Gasteiger partial charge in [0, 0.05) is 6.04 Å². The molecule has 0 radical (unpaired) electrons. The molecule has 0 saturated heterocycles. The number of nitrogens with two attached hydrogens (primary N) is 1. The van der Waals surface area contributed by atoms with Gasteiger partial charge in [-0.1, -0.05) is 54.6 Å². The van der Waals surface area contributed by atoms with E-state index >= 15 is 0 Å². The van der Waals surface area contributed by atoms with E-state index in [-0.39, 0.29) is 5.91 Å². The molecule has 7 heteroatoms. The van der Waals surface area contributed by atoms with Crippen LogP contribution < -0.4 is 5.73 Å². The third-order valence-corrected chi connectivity index (χ3v) is 8.90. The Morgan fingerprint density at radius 1 is 1.17 bits per heavy atom. The Morgan fingerprint density at radius 2 is 2.00 bits per heavy atom. The first kappa shape index (κ1) is 19.8. The Kier molecular flexibility index (Phi) is 5.41. The van der Waals surface area contributed by atoms with Gasteiger partial charge < -0.3 is 5.73 Å². The molecule has 30 heavy (non-hydrogen) atoms. The van der Waals surface area contributed by atoms with Crippen LogP contribution in [0.25, 0.3) is 10.7 Å². The van der Waals surface area contributed by atoms with E-state index in [1.807, 2.05) is 36.4 Å². The zero-order valence-electron chi connectivity index (χ0n) is 17.0. The number of carbonyl (C=O) groups is 1. The maximum Gasteiger partial charge on any atom is 0.235 e. The van der Waals surface area contributed by atoms with Crippen molar-refractivity contribution in [3.63, 3.8) is 0 Å². The zero-order chi connectivity index (χ0) is 20.7. The quantitative estimate of drug-likeness (QED) is 0.507. The molecule has 2 bridgehead atoms. The second kappa shape index (κ2) is 8.19. The normalized spacial score (nSPS) is 24.8. The van der Waals surface area contributed by atoms with Crippen molar-refractivity contribution in [2.75, 3.05) is 0 Å². The molecule has 3 aromatic rings. The van der Waals surface area contributed by atoms with Gasteiger partial charge in [-0.2, -0.15) is 0 Å². The van der Waals surface area contributed by atoms with Crippen LogP contribution in [0.4, 0.5) is 0 Å². The average Bonchev–Trinajstić information content (AvgIpc) is 3.55. The van der Waals surface area contributed by atoms with Gasteiger partial charge in [0.05, 0.1) is 4.88 Å². The van der Waals surface area contributed by atoms with Crippen LogP contribution in [-0.4, -0.2) is 20.7 Å². The van der Waals surface area contributed by atoms with Crippen molar-refractivity contribution in [3.05, 3.63) is 53.4 Å². The van der Waals surface area contributed by atoms with Gasteiger partial charge in [0.15, 0.2) is 11.0 Å². The minimum Gasteiger partial charge on any atom is -0.368 e. The average molecular weight is 439 g/mol. The van der Waals surface area contributed by atoms with E-state index in [2.05, 4.69) is 33.1 Å². The number of rotatable bonds is 7. The summed E-state index contributed by atoms with van der Waals surface area (Å²) in [5, 5.41) is 11.5. The van der Waals surface area contributed by atoms with Crippen LogP contribution in [0.5, 0.6) is 0 Å². The number of carbonyl (C=O) groups excluding carboxylic acids is 1. The van der Waals surface area contributed by atoms with Crippen LogP contribution in [0.1, 0.15) is 49.5 Å². The second-order valence-corrected chi connectivity index (χ2v) is 10.6.